The van der Waals surface area contributed by atoms with Gasteiger partial charge in [0.05, 0.1) is 0 Å². The van der Waals surface area contributed by atoms with E-state index in [1.165, 1.54) is 0 Å². The van der Waals surface area contributed by atoms with Gasteiger partial charge in [0.15, 0.2) is 0 Å². The van der Waals surface area contributed by atoms with Crippen molar-refractivity contribution >= 4 is 0 Å². The van der Waals surface area contributed by atoms with Gasteiger partial charge in [-0.25, -0.2) is 4.39 Å². The molecular weight excluding hydrogens is 167 g/mol. The molecule has 2 nitrogen and oxygen atoms in total. The molecule has 1 aliphatic heterocycles. The van der Waals surface area contributed by atoms with Crippen LogP contribution in [0.3, 0.4) is 0 Å². The van der Waals surface area contributed by atoms with Crippen LogP contribution in [-0.4, -0.2) is 42.8 Å². The van der Waals surface area contributed by atoms with Crippen LogP contribution in [0, 0.1) is 0 Å². The van der Waals surface area contributed by atoms with Gasteiger partial charge in [0.25, 0.3) is 0 Å². The Kier molecular flexibility index (Phi) is 4.13. The smallest absolute Gasteiger partial charge is 0.128 e. The summed E-state index contributed by atoms with van der Waals surface area (Å²) in [6.07, 6.45) is 0.240. The topological polar surface area (TPSA) is 15.3 Å². The maximum atomic E-state index is 13.5. The van der Waals surface area contributed by atoms with Crippen LogP contribution in [0.25, 0.3) is 0 Å². The zero-order valence-corrected chi connectivity index (χ0v) is 8.89. The molecule has 0 aromatic carbocycles. The van der Waals surface area contributed by atoms with Crippen molar-refractivity contribution in [1.82, 2.24) is 10.2 Å². The second kappa shape index (κ2) is 4.91. The number of nitrogens with zero attached hydrogens (tertiary/aromatic N) is 1. The summed E-state index contributed by atoms with van der Waals surface area (Å²) in [4.78, 5) is 2.21. The van der Waals surface area contributed by atoms with E-state index in [0.29, 0.717) is 12.6 Å². The van der Waals surface area contributed by atoms with Gasteiger partial charge in [0.1, 0.15) is 6.17 Å². The molecule has 1 saturated heterocycles. The monoisotopic (exact) mass is 188 g/mol. The normalized spacial score (nSPS) is 31.2. The Hall–Kier alpha value is -0.150. The van der Waals surface area contributed by atoms with Crippen LogP contribution in [0.15, 0.2) is 0 Å². The lowest BCUT2D eigenvalue weighted by Crippen LogP contribution is -2.52. The predicted octanol–water partition coefficient (Wildman–Crippen LogP) is 1.42. The number of rotatable bonds is 3. The first-order valence-electron chi connectivity index (χ1n) is 5.26. The third-order valence-electron chi connectivity index (χ3n) is 2.77. The Morgan fingerprint density at radius 2 is 2.23 bits per heavy atom. The molecule has 0 saturated carbocycles. The van der Waals surface area contributed by atoms with Crippen LogP contribution in [0.1, 0.15) is 27.2 Å². The maximum absolute atomic E-state index is 13.5. The highest BCUT2D eigenvalue weighted by atomic mass is 19.1. The molecule has 13 heavy (non-hydrogen) atoms. The quantitative estimate of drug-likeness (QED) is 0.720. The summed E-state index contributed by atoms with van der Waals surface area (Å²) in [7, 11) is 0. The summed E-state index contributed by atoms with van der Waals surface area (Å²) in [5, 5.41) is 3.19. The van der Waals surface area contributed by atoms with Crippen LogP contribution in [0.2, 0.25) is 0 Å². The molecule has 0 aromatic heterocycles. The highest BCUT2D eigenvalue weighted by molar-refractivity contribution is 4.86. The van der Waals surface area contributed by atoms with E-state index in [-0.39, 0.29) is 6.04 Å². The molecule has 2 unspecified atom stereocenters. The molecule has 2 atom stereocenters. The Morgan fingerprint density at radius 1 is 1.54 bits per heavy atom. The lowest BCUT2D eigenvalue weighted by Gasteiger charge is -2.37. The molecule has 1 heterocycles. The lowest BCUT2D eigenvalue weighted by atomic mass is 10.0. The van der Waals surface area contributed by atoms with Gasteiger partial charge in [-0.2, -0.15) is 0 Å². The largest absolute Gasteiger partial charge is 0.311 e. The van der Waals surface area contributed by atoms with Crippen molar-refractivity contribution in [1.29, 1.82) is 0 Å². The molecule has 1 rings (SSSR count). The number of nitrogens with one attached hydrogen (secondary N) is 1. The fraction of sp³-hybridized carbons (Fsp3) is 1.00. The van der Waals surface area contributed by atoms with Gasteiger partial charge in [-0.05, 0) is 26.8 Å². The van der Waals surface area contributed by atoms with Crippen molar-refractivity contribution < 1.29 is 4.39 Å². The number of hydrogen-bond acceptors (Lipinski definition) is 2. The van der Waals surface area contributed by atoms with E-state index < -0.39 is 6.17 Å². The van der Waals surface area contributed by atoms with Gasteiger partial charge in [-0.3, -0.25) is 4.90 Å². The summed E-state index contributed by atoms with van der Waals surface area (Å²) in [6.45, 7) is 8.76. The number of alkyl halides is 1. The third kappa shape index (κ3) is 2.92. The third-order valence-corrected chi connectivity index (χ3v) is 2.77. The number of halogens is 1. The van der Waals surface area contributed by atoms with E-state index in [0.717, 1.165) is 19.5 Å². The zero-order chi connectivity index (χ0) is 9.84. The van der Waals surface area contributed by atoms with Gasteiger partial charge in [-0.15, -0.1) is 0 Å². The van der Waals surface area contributed by atoms with Crippen molar-refractivity contribution in [2.45, 2.75) is 45.4 Å². The van der Waals surface area contributed by atoms with Crippen LogP contribution >= 0.6 is 0 Å². The summed E-state index contributed by atoms with van der Waals surface area (Å²) < 4.78 is 13.5. The summed E-state index contributed by atoms with van der Waals surface area (Å²) in [5.41, 5.74) is 0. The Labute approximate surface area is 80.5 Å². The van der Waals surface area contributed by atoms with Gasteiger partial charge in [0, 0.05) is 25.2 Å². The molecule has 3 heteroatoms. The zero-order valence-electron chi connectivity index (χ0n) is 8.89. The highest BCUT2D eigenvalue weighted by Gasteiger charge is 2.29. The minimum atomic E-state index is -0.698. The van der Waals surface area contributed by atoms with Crippen molar-refractivity contribution in [3.05, 3.63) is 0 Å². The van der Waals surface area contributed by atoms with Crippen molar-refractivity contribution in [2.24, 2.45) is 0 Å². The predicted molar refractivity (Wildman–Crippen MR) is 53.7 cm³/mol. The average Bonchev–Trinajstić information content (AvgIpc) is 2.08. The molecule has 0 spiro atoms. The van der Waals surface area contributed by atoms with E-state index in [1.54, 1.807) is 0 Å². The average molecular weight is 188 g/mol. The number of piperidine rings is 1. The first kappa shape index (κ1) is 10.9. The standard InChI is InChI=1S/C10H21FN2/c1-4-12-10-5-6-13(8(2)3)7-9(10)11/h8-10,12H,4-7H2,1-3H3. The van der Waals surface area contributed by atoms with Crippen LogP contribution in [-0.2, 0) is 0 Å². The van der Waals surface area contributed by atoms with Gasteiger partial charge in [-0.1, -0.05) is 6.92 Å². The number of likely N-dealkylation sites (tertiary alicyclic amines) is 1. The van der Waals surface area contributed by atoms with Crippen molar-refractivity contribution in [3.63, 3.8) is 0 Å². The van der Waals surface area contributed by atoms with E-state index >= 15 is 0 Å². The first-order chi connectivity index (χ1) is 6.15. The molecule has 0 aliphatic carbocycles. The van der Waals surface area contributed by atoms with E-state index in [1.807, 2.05) is 6.92 Å². The molecule has 0 aromatic rings. The summed E-state index contributed by atoms with van der Waals surface area (Å²) in [6, 6.07) is 0.556. The van der Waals surface area contributed by atoms with Gasteiger partial charge < -0.3 is 5.32 Å². The molecule has 1 fully saturated rings. The second-order valence-corrected chi connectivity index (χ2v) is 4.06. The Morgan fingerprint density at radius 3 is 2.69 bits per heavy atom. The molecule has 0 amide bonds. The van der Waals surface area contributed by atoms with Gasteiger partial charge >= 0.3 is 0 Å². The van der Waals surface area contributed by atoms with E-state index in [2.05, 4.69) is 24.1 Å². The minimum absolute atomic E-state index is 0.0833. The highest BCUT2D eigenvalue weighted by Crippen LogP contribution is 2.15. The van der Waals surface area contributed by atoms with E-state index in [4.69, 9.17) is 0 Å². The van der Waals surface area contributed by atoms with E-state index in [9.17, 15) is 4.39 Å². The Balaban J connectivity index is 2.37. The first-order valence-corrected chi connectivity index (χ1v) is 5.26. The molecule has 1 aliphatic rings. The number of hydrogen-bond donors (Lipinski definition) is 1. The molecule has 0 radical (unpaired) electrons. The van der Waals surface area contributed by atoms with Gasteiger partial charge in [0.2, 0.25) is 0 Å². The molecular formula is C10H21FN2. The SMILES string of the molecule is CCNC1CCN(C(C)C)CC1F. The minimum Gasteiger partial charge on any atom is -0.311 e. The van der Waals surface area contributed by atoms with Crippen LogP contribution in [0.4, 0.5) is 4.39 Å². The Bertz CT molecular complexity index is 150. The van der Waals surface area contributed by atoms with Crippen molar-refractivity contribution in [3.8, 4) is 0 Å². The molecule has 0 bridgehead atoms. The molecule has 1 N–H and O–H groups in total. The van der Waals surface area contributed by atoms with Crippen LogP contribution in [0.5, 0.6) is 0 Å². The fourth-order valence-corrected chi connectivity index (χ4v) is 1.89. The van der Waals surface area contributed by atoms with Crippen LogP contribution < -0.4 is 5.32 Å². The fourth-order valence-electron chi connectivity index (χ4n) is 1.89. The lowest BCUT2D eigenvalue weighted by molar-refractivity contribution is 0.0833. The maximum Gasteiger partial charge on any atom is 0.128 e. The molecule has 78 valence electrons. The summed E-state index contributed by atoms with van der Waals surface area (Å²) in [5.74, 6) is 0. The summed E-state index contributed by atoms with van der Waals surface area (Å²) >= 11 is 0. The van der Waals surface area contributed by atoms with Crippen molar-refractivity contribution in [2.75, 3.05) is 19.6 Å². The second-order valence-electron chi connectivity index (χ2n) is 4.06.